The predicted octanol–water partition coefficient (Wildman–Crippen LogP) is 2.80. The fraction of sp³-hybridized carbons (Fsp3) is 0. The largest absolute Gasteiger partial charge is 0.324 e. The summed E-state index contributed by atoms with van der Waals surface area (Å²) < 4.78 is 13.2. The molecule has 0 aliphatic rings. The number of hydrogen-bond donors (Lipinski definition) is 0. The van der Waals surface area contributed by atoms with E-state index in [0.717, 1.165) is 11.6 Å². The number of rotatable bonds is 2. The van der Waals surface area contributed by atoms with Crippen LogP contribution in [0, 0.1) is 16.1 Å². The highest BCUT2D eigenvalue weighted by Gasteiger charge is 2.15. The van der Waals surface area contributed by atoms with Crippen molar-refractivity contribution in [1.29, 1.82) is 0 Å². The highest BCUT2D eigenvalue weighted by atomic mass is 19.1. The number of hydrogen-bond acceptors (Lipinski definition) is 3. The maximum Gasteiger partial charge on any atom is 0.324 e. The van der Waals surface area contributed by atoms with Gasteiger partial charge in [0.15, 0.2) is 0 Å². The van der Waals surface area contributed by atoms with Gasteiger partial charge >= 0.3 is 5.69 Å². The Morgan fingerprint density at radius 1 is 1.12 bits per heavy atom. The van der Waals surface area contributed by atoms with Crippen molar-refractivity contribution >= 4 is 5.69 Å². The van der Waals surface area contributed by atoms with Gasteiger partial charge in [0, 0.05) is 11.6 Å². The number of halogens is 1. The Hall–Kier alpha value is -2.30. The zero-order valence-corrected chi connectivity index (χ0v) is 8.13. The van der Waals surface area contributed by atoms with Gasteiger partial charge in [0.05, 0.1) is 10.6 Å². The molecule has 0 radical (unpaired) electrons. The zero-order chi connectivity index (χ0) is 11.5. The van der Waals surface area contributed by atoms with E-state index in [1.54, 1.807) is 24.3 Å². The molecule has 0 aliphatic heterocycles. The molecule has 1 heterocycles. The van der Waals surface area contributed by atoms with E-state index in [1.807, 2.05) is 6.07 Å². The predicted molar refractivity (Wildman–Crippen MR) is 56.3 cm³/mol. The standard InChI is InChI=1S/C11H7FN2O2/c12-11-10(14(15)16)7-6-9(13-11)8-4-2-1-3-5-8/h1-7H. The molecule has 2 aromatic rings. The number of nitrogens with zero attached hydrogens (tertiary/aromatic N) is 2. The van der Waals surface area contributed by atoms with Crippen LogP contribution in [0.3, 0.4) is 0 Å². The maximum absolute atomic E-state index is 13.2. The van der Waals surface area contributed by atoms with Gasteiger partial charge in [-0.05, 0) is 6.07 Å². The number of nitro groups is 1. The van der Waals surface area contributed by atoms with Gasteiger partial charge in [0.2, 0.25) is 0 Å². The second-order valence-electron chi connectivity index (χ2n) is 3.13. The van der Waals surface area contributed by atoms with Gasteiger partial charge in [-0.3, -0.25) is 10.1 Å². The van der Waals surface area contributed by atoms with Crippen molar-refractivity contribution in [3.63, 3.8) is 0 Å². The second-order valence-corrected chi connectivity index (χ2v) is 3.13. The van der Waals surface area contributed by atoms with Crippen LogP contribution in [0.15, 0.2) is 42.5 Å². The zero-order valence-electron chi connectivity index (χ0n) is 8.13. The van der Waals surface area contributed by atoms with Crippen molar-refractivity contribution in [3.8, 4) is 11.3 Å². The van der Waals surface area contributed by atoms with Gasteiger partial charge in [-0.25, -0.2) is 4.98 Å². The van der Waals surface area contributed by atoms with Gasteiger partial charge in [-0.15, -0.1) is 0 Å². The molecule has 0 saturated carbocycles. The molecule has 0 N–H and O–H groups in total. The molecule has 0 saturated heterocycles. The molecule has 0 amide bonds. The summed E-state index contributed by atoms with van der Waals surface area (Å²) in [6, 6.07) is 11.5. The minimum atomic E-state index is -1.06. The van der Waals surface area contributed by atoms with Gasteiger partial charge in [0.1, 0.15) is 0 Å². The Labute approximate surface area is 90.5 Å². The lowest BCUT2D eigenvalue weighted by Crippen LogP contribution is -1.96. The first-order valence-corrected chi connectivity index (χ1v) is 4.55. The quantitative estimate of drug-likeness (QED) is 0.442. The minimum absolute atomic E-state index is 0.378. The first kappa shape index (κ1) is 10.2. The summed E-state index contributed by atoms with van der Waals surface area (Å²) in [5, 5.41) is 10.4. The number of aromatic nitrogens is 1. The molecule has 16 heavy (non-hydrogen) atoms. The van der Waals surface area contributed by atoms with Crippen LogP contribution >= 0.6 is 0 Å². The molecule has 0 atom stereocenters. The van der Waals surface area contributed by atoms with E-state index < -0.39 is 16.6 Å². The average Bonchev–Trinajstić information content (AvgIpc) is 2.29. The van der Waals surface area contributed by atoms with Crippen molar-refractivity contribution in [2.24, 2.45) is 0 Å². The molecule has 1 aromatic carbocycles. The SMILES string of the molecule is O=[N+]([O-])c1ccc(-c2ccccc2)nc1F. The monoisotopic (exact) mass is 218 g/mol. The highest BCUT2D eigenvalue weighted by molar-refractivity contribution is 5.59. The van der Waals surface area contributed by atoms with Crippen molar-refractivity contribution in [2.45, 2.75) is 0 Å². The van der Waals surface area contributed by atoms with Crippen molar-refractivity contribution in [1.82, 2.24) is 4.98 Å². The van der Waals surface area contributed by atoms with Crippen LogP contribution in [-0.2, 0) is 0 Å². The molecule has 2 rings (SSSR count). The minimum Gasteiger partial charge on any atom is -0.258 e. The Balaban J connectivity index is 2.46. The fourth-order valence-corrected chi connectivity index (χ4v) is 1.33. The Kier molecular flexibility index (Phi) is 2.59. The third-order valence-corrected chi connectivity index (χ3v) is 2.10. The molecule has 4 nitrogen and oxygen atoms in total. The molecule has 5 heteroatoms. The maximum atomic E-state index is 13.2. The summed E-state index contributed by atoms with van der Waals surface area (Å²) in [5.74, 6) is -1.06. The topological polar surface area (TPSA) is 56.0 Å². The normalized spacial score (nSPS) is 10.1. The van der Waals surface area contributed by atoms with Crippen LogP contribution in [0.2, 0.25) is 0 Å². The van der Waals surface area contributed by atoms with Crippen molar-refractivity contribution in [2.75, 3.05) is 0 Å². The molecule has 0 fully saturated rings. The summed E-state index contributed by atoms with van der Waals surface area (Å²) in [6.07, 6.45) is 0. The summed E-state index contributed by atoms with van der Waals surface area (Å²) in [5.41, 5.74) is 0.486. The Morgan fingerprint density at radius 3 is 2.38 bits per heavy atom. The van der Waals surface area contributed by atoms with Gasteiger partial charge < -0.3 is 0 Å². The first-order chi connectivity index (χ1) is 7.68. The van der Waals surface area contributed by atoms with E-state index in [-0.39, 0.29) is 0 Å². The lowest BCUT2D eigenvalue weighted by Gasteiger charge is -2.00. The number of benzene rings is 1. The van der Waals surface area contributed by atoms with E-state index in [0.29, 0.717) is 5.69 Å². The van der Waals surface area contributed by atoms with Crippen LogP contribution in [0.25, 0.3) is 11.3 Å². The first-order valence-electron chi connectivity index (χ1n) is 4.55. The highest BCUT2D eigenvalue weighted by Crippen LogP contribution is 2.21. The van der Waals surface area contributed by atoms with Crippen molar-refractivity contribution < 1.29 is 9.31 Å². The summed E-state index contributed by atoms with van der Waals surface area (Å²) in [7, 11) is 0. The molecular formula is C11H7FN2O2. The number of pyridine rings is 1. The van der Waals surface area contributed by atoms with Crippen molar-refractivity contribution in [3.05, 3.63) is 58.5 Å². The van der Waals surface area contributed by atoms with E-state index in [2.05, 4.69) is 4.98 Å². The van der Waals surface area contributed by atoms with Gasteiger partial charge in [-0.1, -0.05) is 30.3 Å². The summed E-state index contributed by atoms with van der Waals surface area (Å²) >= 11 is 0. The fourth-order valence-electron chi connectivity index (χ4n) is 1.33. The molecule has 80 valence electrons. The smallest absolute Gasteiger partial charge is 0.258 e. The summed E-state index contributed by atoms with van der Waals surface area (Å²) in [4.78, 5) is 13.2. The van der Waals surface area contributed by atoms with E-state index in [1.165, 1.54) is 6.07 Å². The van der Waals surface area contributed by atoms with E-state index in [4.69, 9.17) is 0 Å². The lowest BCUT2D eigenvalue weighted by atomic mass is 10.1. The Bertz CT molecular complexity index is 529. The average molecular weight is 218 g/mol. The van der Waals surface area contributed by atoms with Crippen LogP contribution in [0.1, 0.15) is 0 Å². The van der Waals surface area contributed by atoms with Crippen LogP contribution in [0.4, 0.5) is 10.1 Å². The molecule has 0 unspecified atom stereocenters. The molecule has 0 spiro atoms. The molecule has 0 bridgehead atoms. The second kappa shape index (κ2) is 4.06. The van der Waals surface area contributed by atoms with Crippen LogP contribution in [0.5, 0.6) is 0 Å². The van der Waals surface area contributed by atoms with E-state index in [9.17, 15) is 14.5 Å². The molecule has 0 aliphatic carbocycles. The van der Waals surface area contributed by atoms with Gasteiger partial charge in [0.25, 0.3) is 5.95 Å². The lowest BCUT2D eigenvalue weighted by molar-refractivity contribution is -0.388. The third kappa shape index (κ3) is 1.88. The third-order valence-electron chi connectivity index (χ3n) is 2.10. The molecule has 1 aromatic heterocycles. The summed E-state index contributed by atoms with van der Waals surface area (Å²) in [6.45, 7) is 0. The van der Waals surface area contributed by atoms with E-state index >= 15 is 0 Å². The van der Waals surface area contributed by atoms with Gasteiger partial charge in [-0.2, -0.15) is 4.39 Å². The van der Waals surface area contributed by atoms with Crippen LogP contribution < -0.4 is 0 Å². The molecular weight excluding hydrogens is 211 g/mol. The van der Waals surface area contributed by atoms with Crippen LogP contribution in [-0.4, -0.2) is 9.91 Å². The Morgan fingerprint density at radius 2 is 1.81 bits per heavy atom.